The first-order valence-corrected chi connectivity index (χ1v) is 15.7. The third-order valence-electron chi connectivity index (χ3n) is 8.40. The summed E-state index contributed by atoms with van der Waals surface area (Å²) >= 11 is 0. The lowest BCUT2D eigenvalue weighted by atomic mass is 9.80. The Morgan fingerprint density at radius 1 is 1.02 bits per heavy atom. The minimum Gasteiger partial charge on any atom is -0.462 e. The van der Waals surface area contributed by atoms with Crippen LogP contribution in [0.1, 0.15) is 94.0 Å². The van der Waals surface area contributed by atoms with Crippen molar-refractivity contribution in [2.45, 2.75) is 97.3 Å². The topological polar surface area (TPSA) is 142 Å². The molecular formula is C35H44N4O6. The molecule has 4 N–H and O–H groups in total. The highest BCUT2D eigenvalue weighted by atomic mass is 16.6. The molecule has 0 saturated heterocycles. The quantitative estimate of drug-likeness (QED) is 0.256. The number of esters is 1. The van der Waals surface area contributed by atoms with Crippen molar-refractivity contribution in [2.75, 3.05) is 11.9 Å². The number of primary amides is 1. The van der Waals surface area contributed by atoms with Gasteiger partial charge in [-0.25, -0.2) is 4.79 Å². The second-order valence-electron chi connectivity index (χ2n) is 14.0. The molecule has 2 amide bonds. The van der Waals surface area contributed by atoms with E-state index in [0.717, 1.165) is 47.0 Å². The first kappa shape index (κ1) is 32.1. The lowest BCUT2D eigenvalue weighted by molar-refractivity contribution is -0.150. The number of aromatic nitrogens is 1. The molecule has 0 bridgehead atoms. The summed E-state index contributed by atoms with van der Waals surface area (Å²) in [6.45, 7) is 9.71. The molecular weight excluding hydrogens is 572 g/mol. The average molecular weight is 617 g/mol. The molecule has 10 heteroatoms. The zero-order valence-electron chi connectivity index (χ0n) is 26.8. The maximum atomic E-state index is 13.3. The number of fused-ring (bicyclic) bond motifs is 3. The lowest BCUT2D eigenvalue weighted by Gasteiger charge is -2.31. The summed E-state index contributed by atoms with van der Waals surface area (Å²) in [5, 5.41) is 7.12. The zero-order chi connectivity index (χ0) is 32.5. The molecule has 1 fully saturated rings. The lowest BCUT2D eigenvalue weighted by Crippen LogP contribution is -2.35. The highest BCUT2D eigenvalue weighted by Crippen LogP contribution is 2.43. The number of amides is 2. The fourth-order valence-electron chi connectivity index (χ4n) is 6.48. The number of hydrogen-bond acceptors (Lipinski definition) is 7. The Kier molecular flexibility index (Phi) is 8.96. The average Bonchev–Trinajstić information content (AvgIpc) is 3.26. The standard InChI is InChI=1S/C35H44N4O6/c1-34(2,3)45-33(43)37-17-16-30(41)44-23-13-11-22(12-14-23)38-26-18-21(10-15-24(26)32(36)42)31-25-8-6-7-9-27(25)39-28(31)19-35(4,5)20-29(39)40/h6-10,15,18,22-23,38H,11-14,16-17,19-20H2,1-5H3,(H2,36,42)(H,37,43). The Morgan fingerprint density at radius 2 is 1.73 bits per heavy atom. The van der Waals surface area contributed by atoms with E-state index in [-0.39, 0.29) is 42.4 Å². The Morgan fingerprint density at radius 3 is 2.42 bits per heavy atom. The molecule has 2 aliphatic rings. The van der Waals surface area contributed by atoms with Gasteiger partial charge >= 0.3 is 12.1 Å². The van der Waals surface area contributed by atoms with Crippen LogP contribution < -0.4 is 16.4 Å². The normalized spacial score (nSPS) is 19.4. The van der Waals surface area contributed by atoms with Crippen molar-refractivity contribution < 1.29 is 28.7 Å². The minimum absolute atomic E-state index is 0.0577. The van der Waals surface area contributed by atoms with Gasteiger partial charge in [-0.2, -0.15) is 0 Å². The molecule has 0 spiro atoms. The van der Waals surface area contributed by atoms with E-state index in [2.05, 4.69) is 24.5 Å². The Hall–Kier alpha value is -4.34. The number of rotatable bonds is 8. The SMILES string of the molecule is CC1(C)CC(=O)n2c(c(-c3ccc(C(N)=O)c(NC4CCC(OC(=O)CCNC(=O)OC(C)(C)C)CC4)c3)c3ccccc32)C1. The predicted octanol–water partition coefficient (Wildman–Crippen LogP) is 6.20. The number of hydrogen-bond donors (Lipinski definition) is 3. The van der Waals surface area contributed by atoms with E-state index in [1.165, 1.54) is 0 Å². The number of nitrogens with one attached hydrogen (secondary N) is 2. The summed E-state index contributed by atoms with van der Waals surface area (Å²) in [5.74, 6) is -0.796. The number of carbonyl (C=O) groups excluding carboxylic acids is 4. The van der Waals surface area contributed by atoms with Gasteiger partial charge in [-0.3, -0.25) is 19.0 Å². The van der Waals surface area contributed by atoms with Gasteiger partial charge in [-0.15, -0.1) is 0 Å². The minimum atomic E-state index is -0.606. The number of para-hydroxylation sites is 1. The van der Waals surface area contributed by atoms with Crippen LogP contribution in [0.3, 0.4) is 0 Å². The van der Waals surface area contributed by atoms with Gasteiger partial charge in [0.05, 0.1) is 17.5 Å². The third-order valence-corrected chi connectivity index (χ3v) is 8.40. The number of nitrogens with zero attached hydrogens (tertiary/aromatic N) is 1. The maximum Gasteiger partial charge on any atom is 0.407 e. The number of alkyl carbamates (subject to hydrolysis) is 1. The number of carbonyl (C=O) groups is 4. The van der Waals surface area contributed by atoms with Crippen molar-refractivity contribution in [3.63, 3.8) is 0 Å². The molecule has 45 heavy (non-hydrogen) atoms. The van der Waals surface area contributed by atoms with Gasteiger partial charge in [0.2, 0.25) is 5.91 Å². The smallest absolute Gasteiger partial charge is 0.407 e. The summed E-state index contributed by atoms with van der Waals surface area (Å²) in [7, 11) is 0. The molecule has 1 saturated carbocycles. The van der Waals surface area contributed by atoms with Gasteiger partial charge in [-0.1, -0.05) is 38.1 Å². The van der Waals surface area contributed by atoms with Crippen LogP contribution in [-0.4, -0.2) is 52.7 Å². The molecule has 0 radical (unpaired) electrons. The summed E-state index contributed by atoms with van der Waals surface area (Å²) in [6.07, 6.45) is 3.34. The van der Waals surface area contributed by atoms with E-state index in [0.29, 0.717) is 30.5 Å². The second-order valence-corrected chi connectivity index (χ2v) is 14.0. The maximum absolute atomic E-state index is 13.3. The van der Waals surface area contributed by atoms with Gasteiger partial charge in [-0.05, 0) is 82.1 Å². The first-order chi connectivity index (χ1) is 21.2. The van der Waals surface area contributed by atoms with E-state index in [4.69, 9.17) is 15.2 Å². The predicted molar refractivity (Wildman–Crippen MR) is 173 cm³/mol. The van der Waals surface area contributed by atoms with Crippen LogP contribution in [0.5, 0.6) is 0 Å². The number of anilines is 1. The first-order valence-electron chi connectivity index (χ1n) is 15.7. The van der Waals surface area contributed by atoms with E-state index in [9.17, 15) is 19.2 Å². The monoisotopic (exact) mass is 616 g/mol. The largest absolute Gasteiger partial charge is 0.462 e. The van der Waals surface area contributed by atoms with Crippen molar-refractivity contribution in [3.8, 4) is 11.1 Å². The van der Waals surface area contributed by atoms with Crippen LogP contribution in [-0.2, 0) is 20.7 Å². The van der Waals surface area contributed by atoms with E-state index < -0.39 is 17.6 Å². The second kappa shape index (κ2) is 12.6. The van der Waals surface area contributed by atoms with Crippen molar-refractivity contribution in [1.82, 2.24) is 9.88 Å². The van der Waals surface area contributed by atoms with E-state index in [1.54, 1.807) is 26.8 Å². The Balaban J connectivity index is 1.27. The molecule has 0 unspecified atom stereocenters. The van der Waals surface area contributed by atoms with E-state index in [1.807, 2.05) is 41.0 Å². The molecule has 2 heterocycles. The number of nitrogens with two attached hydrogens (primary N) is 1. The van der Waals surface area contributed by atoms with Crippen LogP contribution >= 0.6 is 0 Å². The fraction of sp³-hybridized carbons (Fsp3) is 0.486. The van der Waals surface area contributed by atoms with E-state index >= 15 is 0 Å². The van der Waals surface area contributed by atoms with Crippen LogP contribution in [0.25, 0.3) is 22.0 Å². The molecule has 1 aliphatic carbocycles. The van der Waals surface area contributed by atoms with Crippen molar-refractivity contribution >= 4 is 40.5 Å². The molecule has 240 valence electrons. The molecule has 1 aliphatic heterocycles. The fourth-order valence-corrected chi connectivity index (χ4v) is 6.48. The van der Waals surface area contributed by atoms with Crippen molar-refractivity contribution in [3.05, 3.63) is 53.7 Å². The van der Waals surface area contributed by atoms with Gasteiger partial charge < -0.3 is 25.8 Å². The van der Waals surface area contributed by atoms with Gasteiger partial charge in [0, 0.05) is 41.3 Å². The molecule has 0 atom stereocenters. The zero-order valence-corrected chi connectivity index (χ0v) is 26.8. The third kappa shape index (κ3) is 7.49. The van der Waals surface area contributed by atoms with Crippen molar-refractivity contribution in [1.29, 1.82) is 0 Å². The van der Waals surface area contributed by atoms with Crippen molar-refractivity contribution in [2.24, 2.45) is 11.1 Å². The Labute approximate surface area is 264 Å². The molecule has 10 nitrogen and oxygen atoms in total. The Bertz CT molecular complexity index is 1620. The highest BCUT2D eigenvalue weighted by molar-refractivity contribution is 6.06. The highest BCUT2D eigenvalue weighted by Gasteiger charge is 2.35. The molecule has 2 aromatic carbocycles. The summed E-state index contributed by atoms with van der Waals surface area (Å²) in [6, 6.07) is 13.7. The van der Waals surface area contributed by atoms with Crippen LogP contribution in [0.15, 0.2) is 42.5 Å². The summed E-state index contributed by atoms with van der Waals surface area (Å²) in [5.41, 5.74) is 9.87. The van der Waals surface area contributed by atoms with Crippen LogP contribution in [0, 0.1) is 5.41 Å². The number of benzene rings is 2. The molecule has 1 aromatic heterocycles. The summed E-state index contributed by atoms with van der Waals surface area (Å²) < 4.78 is 12.7. The number of ether oxygens (including phenoxy) is 2. The van der Waals surface area contributed by atoms with Crippen LogP contribution in [0.2, 0.25) is 0 Å². The van der Waals surface area contributed by atoms with Gasteiger partial charge in [0.25, 0.3) is 5.91 Å². The van der Waals surface area contributed by atoms with Crippen LogP contribution in [0.4, 0.5) is 10.5 Å². The van der Waals surface area contributed by atoms with Gasteiger partial charge in [0.15, 0.2) is 0 Å². The molecule has 5 rings (SSSR count). The van der Waals surface area contributed by atoms with Gasteiger partial charge in [0.1, 0.15) is 11.7 Å². The summed E-state index contributed by atoms with van der Waals surface area (Å²) in [4.78, 5) is 49.9. The molecule has 3 aromatic rings.